The van der Waals surface area contributed by atoms with Crippen molar-refractivity contribution < 1.29 is 4.92 Å². The summed E-state index contributed by atoms with van der Waals surface area (Å²) >= 11 is 0. The summed E-state index contributed by atoms with van der Waals surface area (Å²) in [5, 5.41) is 13.7. The van der Waals surface area contributed by atoms with Gasteiger partial charge in [0.05, 0.1) is 16.0 Å². The van der Waals surface area contributed by atoms with E-state index in [4.69, 9.17) is 0 Å². The predicted molar refractivity (Wildman–Crippen MR) is 95.6 cm³/mol. The number of hydrogen-bond acceptors (Lipinski definition) is 2. The molecular weight excluding hydrogens is 287 g/mol. The van der Waals surface area contributed by atoms with Crippen LogP contribution in [-0.4, -0.2) is 17.3 Å². The van der Waals surface area contributed by atoms with Crippen molar-refractivity contribution in [2.75, 3.05) is 0 Å². The summed E-state index contributed by atoms with van der Waals surface area (Å²) < 4.78 is 1.97. The van der Waals surface area contributed by atoms with Crippen LogP contribution in [0.5, 0.6) is 0 Å². The highest BCUT2D eigenvalue weighted by Crippen LogP contribution is 2.34. The minimum atomic E-state index is -0.314. The molecule has 0 saturated heterocycles. The summed E-state index contributed by atoms with van der Waals surface area (Å²) in [6.07, 6.45) is 0. The molecule has 110 valence electrons. The Bertz CT molecular complexity index is 1020. The van der Waals surface area contributed by atoms with Gasteiger partial charge in [-0.2, -0.15) is 0 Å². The summed E-state index contributed by atoms with van der Waals surface area (Å²) in [7, 11) is 1.86. The maximum Gasteiger partial charge on any atom is 0.292 e. The zero-order valence-electron chi connectivity index (χ0n) is 12.6. The van der Waals surface area contributed by atoms with Crippen molar-refractivity contribution in [2.45, 2.75) is 0 Å². The Morgan fingerprint density at radius 3 is 2.00 bits per heavy atom. The van der Waals surface area contributed by atoms with Crippen LogP contribution in [0.15, 0.2) is 66.7 Å². The van der Waals surface area contributed by atoms with Crippen molar-refractivity contribution in [1.82, 2.24) is 4.57 Å². The fraction of sp³-hybridized carbons (Fsp3) is 0. The van der Waals surface area contributed by atoms with Crippen LogP contribution < -0.4 is 5.46 Å². The Hall–Kier alpha value is -3.08. The average molecular weight is 300 g/mol. The first-order chi connectivity index (χ1) is 11.2. The molecule has 0 aliphatic heterocycles. The topological polar surface area (TPSA) is 48.1 Å². The Morgan fingerprint density at radius 1 is 0.870 bits per heavy atom. The highest BCUT2D eigenvalue weighted by atomic mass is 16.6. The van der Waals surface area contributed by atoms with Crippen LogP contribution in [0.2, 0.25) is 0 Å². The van der Waals surface area contributed by atoms with E-state index in [1.54, 1.807) is 6.07 Å². The molecule has 4 aromatic rings. The van der Waals surface area contributed by atoms with Crippen molar-refractivity contribution >= 4 is 40.8 Å². The van der Waals surface area contributed by atoms with E-state index in [0.29, 0.717) is 5.69 Å². The first-order valence-electron chi connectivity index (χ1n) is 7.40. The molecule has 1 aromatic heterocycles. The van der Waals surface area contributed by atoms with E-state index in [1.807, 2.05) is 73.1 Å². The molecule has 3 aromatic carbocycles. The molecular formula is C18H13BN2O2. The van der Waals surface area contributed by atoms with Crippen LogP contribution in [0.4, 0.5) is 5.69 Å². The molecule has 1 heterocycles. The largest absolute Gasteiger partial charge is 0.303 e. The molecule has 4 rings (SSSR count). The molecule has 0 bridgehead atoms. The van der Waals surface area contributed by atoms with Crippen LogP contribution in [-0.2, 0) is 0 Å². The van der Waals surface area contributed by atoms with Gasteiger partial charge in [0, 0.05) is 16.8 Å². The number of nitro benzene ring substituents is 1. The van der Waals surface area contributed by atoms with Crippen molar-refractivity contribution in [3.8, 4) is 5.69 Å². The van der Waals surface area contributed by atoms with E-state index in [1.165, 1.54) is 0 Å². The first kappa shape index (κ1) is 13.6. The molecule has 23 heavy (non-hydrogen) atoms. The fourth-order valence-corrected chi connectivity index (χ4v) is 3.15. The first-order valence-corrected chi connectivity index (χ1v) is 7.40. The summed E-state index contributed by atoms with van der Waals surface area (Å²) in [6, 6.07) is 21.3. The summed E-state index contributed by atoms with van der Waals surface area (Å²) in [4.78, 5) is 11.2. The van der Waals surface area contributed by atoms with Crippen molar-refractivity contribution in [3.63, 3.8) is 0 Å². The molecule has 0 spiro atoms. The maximum absolute atomic E-state index is 11.5. The van der Waals surface area contributed by atoms with Crippen molar-refractivity contribution in [1.29, 1.82) is 0 Å². The zero-order valence-corrected chi connectivity index (χ0v) is 12.6. The molecule has 4 nitrogen and oxygen atoms in total. The standard InChI is InChI=1S/C18H13BN2O2/c19-12-9-10-17(18(11-12)21(22)23)20-15-7-3-1-5-13(15)14-6-2-4-8-16(14)20/h1-11H,19H2. The van der Waals surface area contributed by atoms with Gasteiger partial charge in [0.25, 0.3) is 5.69 Å². The van der Waals surface area contributed by atoms with Gasteiger partial charge in [0.15, 0.2) is 0 Å². The van der Waals surface area contributed by atoms with Gasteiger partial charge in [-0.25, -0.2) is 0 Å². The van der Waals surface area contributed by atoms with Crippen LogP contribution in [0, 0.1) is 10.1 Å². The van der Waals surface area contributed by atoms with Crippen LogP contribution in [0.3, 0.4) is 0 Å². The Kier molecular flexibility index (Phi) is 2.94. The third kappa shape index (κ3) is 2.01. The Morgan fingerprint density at radius 2 is 1.43 bits per heavy atom. The van der Waals surface area contributed by atoms with E-state index >= 15 is 0 Å². The lowest BCUT2D eigenvalue weighted by molar-refractivity contribution is -0.384. The van der Waals surface area contributed by atoms with E-state index in [9.17, 15) is 10.1 Å². The monoisotopic (exact) mass is 300 g/mol. The molecule has 5 heteroatoms. The third-order valence-electron chi connectivity index (χ3n) is 4.15. The minimum absolute atomic E-state index is 0.122. The molecule has 0 aliphatic rings. The van der Waals surface area contributed by atoms with Gasteiger partial charge in [0.2, 0.25) is 0 Å². The fourth-order valence-electron chi connectivity index (χ4n) is 3.15. The summed E-state index contributed by atoms with van der Waals surface area (Å²) in [6.45, 7) is 0. The van der Waals surface area contributed by atoms with E-state index in [0.717, 1.165) is 27.3 Å². The molecule has 0 amide bonds. The number of nitrogens with zero attached hydrogens (tertiary/aromatic N) is 2. The quantitative estimate of drug-likeness (QED) is 0.325. The summed E-state index contributed by atoms with van der Waals surface area (Å²) in [5.74, 6) is 0. The number of rotatable bonds is 2. The van der Waals surface area contributed by atoms with Crippen LogP contribution in [0.1, 0.15) is 0 Å². The highest BCUT2D eigenvalue weighted by molar-refractivity contribution is 6.32. The van der Waals surface area contributed by atoms with Crippen LogP contribution in [0.25, 0.3) is 27.5 Å². The highest BCUT2D eigenvalue weighted by Gasteiger charge is 2.19. The van der Waals surface area contributed by atoms with E-state index in [-0.39, 0.29) is 10.6 Å². The van der Waals surface area contributed by atoms with Gasteiger partial charge < -0.3 is 4.57 Å². The molecule has 0 unspecified atom stereocenters. The number of benzene rings is 3. The number of para-hydroxylation sites is 2. The predicted octanol–water partition coefficient (Wildman–Crippen LogP) is 2.95. The molecule has 0 saturated carbocycles. The van der Waals surface area contributed by atoms with E-state index < -0.39 is 0 Å². The second-order valence-corrected chi connectivity index (χ2v) is 5.62. The van der Waals surface area contributed by atoms with E-state index in [2.05, 4.69) is 0 Å². The number of nitro groups is 1. The molecule has 0 radical (unpaired) electrons. The molecule has 0 atom stereocenters. The summed E-state index contributed by atoms with van der Waals surface area (Å²) in [5.41, 5.74) is 3.54. The normalized spacial score (nSPS) is 11.1. The van der Waals surface area contributed by atoms with Gasteiger partial charge in [0.1, 0.15) is 13.5 Å². The zero-order chi connectivity index (χ0) is 16.0. The van der Waals surface area contributed by atoms with Gasteiger partial charge >= 0.3 is 0 Å². The number of aromatic nitrogens is 1. The second kappa shape index (κ2) is 4.99. The second-order valence-electron chi connectivity index (χ2n) is 5.62. The lowest BCUT2D eigenvalue weighted by Crippen LogP contribution is -2.07. The third-order valence-corrected chi connectivity index (χ3v) is 4.15. The Balaban J connectivity index is 2.19. The SMILES string of the molecule is Bc1ccc(-n2c3ccccc3c3ccccc32)c([N+](=O)[O-])c1. The average Bonchev–Trinajstić information content (AvgIpc) is 2.89. The van der Waals surface area contributed by atoms with Crippen molar-refractivity contribution in [3.05, 3.63) is 76.8 Å². The van der Waals surface area contributed by atoms with Crippen molar-refractivity contribution in [2.24, 2.45) is 0 Å². The Labute approximate surface area is 133 Å². The van der Waals surface area contributed by atoms with Gasteiger partial charge in [-0.05, 0) is 18.2 Å². The molecule has 0 aliphatic carbocycles. The number of fused-ring (bicyclic) bond motifs is 3. The van der Waals surface area contributed by atoms with Gasteiger partial charge in [-0.1, -0.05) is 47.9 Å². The molecule has 0 N–H and O–H groups in total. The van der Waals surface area contributed by atoms with Crippen LogP contribution >= 0.6 is 0 Å². The minimum Gasteiger partial charge on any atom is -0.303 e. The smallest absolute Gasteiger partial charge is 0.292 e. The van der Waals surface area contributed by atoms with Gasteiger partial charge in [-0.3, -0.25) is 10.1 Å². The lowest BCUT2D eigenvalue weighted by atomic mass is 9.95. The lowest BCUT2D eigenvalue weighted by Gasteiger charge is -2.09. The maximum atomic E-state index is 11.5. The van der Waals surface area contributed by atoms with Gasteiger partial charge in [-0.15, -0.1) is 0 Å². The molecule has 0 fully saturated rings. The number of hydrogen-bond donors (Lipinski definition) is 0.